The predicted octanol–water partition coefficient (Wildman–Crippen LogP) is 2.81. The summed E-state index contributed by atoms with van der Waals surface area (Å²) in [6, 6.07) is 8.32. The van der Waals surface area contributed by atoms with E-state index in [4.69, 9.17) is 10.3 Å². The number of nitrogens with two attached hydrogens (primary N) is 1. The van der Waals surface area contributed by atoms with Gasteiger partial charge in [0.05, 0.1) is 0 Å². The molecule has 0 spiro atoms. The molecule has 2 unspecified atom stereocenters. The molecule has 2 atom stereocenters. The molecule has 1 aromatic carbocycles. The van der Waals surface area contributed by atoms with Crippen LogP contribution in [0.4, 0.5) is 0 Å². The average Bonchev–Trinajstić information content (AvgIpc) is 3.09. The Morgan fingerprint density at radius 1 is 1.30 bits per heavy atom. The molecule has 0 aliphatic heterocycles. The molecule has 1 aliphatic carbocycles. The lowest BCUT2D eigenvalue weighted by Crippen LogP contribution is -2.17. The van der Waals surface area contributed by atoms with E-state index in [2.05, 4.69) is 29.2 Å². The first-order chi connectivity index (χ1) is 9.78. The van der Waals surface area contributed by atoms with E-state index in [-0.39, 0.29) is 0 Å². The minimum atomic E-state index is 0.359. The summed E-state index contributed by atoms with van der Waals surface area (Å²) in [5, 5.41) is 4.14. The summed E-state index contributed by atoms with van der Waals surface area (Å²) in [5.74, 6) is 2.42. The van der Waals surface area contributed by atoms with E-state index < -0.39 is 0 Å². The Bertz CT molecular complexity index is 579. The molecule has 1 fully saturated rings. The van der Waals surface area contributed by atoms with Crippen molar-refractivity contribution in [1.82, 2.24) is 10.1 Å². The molecular formula is C16H21N3O. The standard InChI is InChI=1S/C16H21N3O/c1-11-5-2-3-6-12(11)9-15-18-16(20-19-15)14-8-4-7-13(14)10-17/h2-3,5-6,13-14H,4,7-10,17H2,1H3. The zero-order valence-electron chi connectivity index (χ0n) is 11.9. The van der Waals surface area contributed by atoms with Gasteiger partial charge in [0, 0.05) is 12.3 Å². The SMILES string of the molecule is Cc1ccccc1Cc1noc(C2CCCC2CN)n1. The first-order valence-electron chi connectivity index (χ1n) is 7.35. The zero-order valence-corrected chi connectivity index (χ0v) is 11.9. The van der Waals surface area contributed by atoms with Gasteiger partial charge >= 0.3 is 0 Å². The third-order valence-corrected chi connectivity index (χ3v) is 4.37. The predicted molar refractivity (Wildman–Crippen MR) is 77.4 cm³/mol. The van der Waals surface area contributed by atoms with Gasteiger partial charge < -0.3 is 10.3 Å². The van der Waals surface area contributed by atoms with Crippen molar-refractivity contribution in [3.63, 3.8) is 0 Å². The molecule has 106 valence electrons. The van der Waals surface area contributed by atoms with Gasteiger partial charge in [0.2, 0.25) is 5.89 Å². The lowest BCUT2D eigenvalue weighted by Gasteiger charge is -2.12. The smallest absolute Gasteiger partial charge is 0.230 e. The first-order valence-corrected chi connectivity index (χ1v) is 7.35. The summed E-state index contributed by atoms with van der Waals surface area (Å²) >= 11 is 0. The molecule has 3 rings (SSSR count). The van der Waals surface area contributed by atoms with Crippen molar-refractivity contribution in [2.24, 2.45) is 11.7 Å². The van der Waals surface area contributed by atoms with Crippen LogP contribution in [-0.4, -0.2) is 16.7 Å². The third-order valence-electron chi connectivity index (χ3n) is 4.37. The van der Waals surface area contributed by atoms with E-state index in [9.17, 15) is 0 Å². The third kappa shape index (κ3) is 2.61. The summed E-state index contributed by atoms with van der Waals surface area (Å²) in [4.78, 5) is 4.59. The maximum absolute atomic E-state index is 5.82. The maximum Gasteiger partial charge on any atom is 0.230 e. The fourth-order valence-electron chi connectivity index (χ4n) is 3.11. The van der Waals surface area contributed by atoms with Crippen LogP contribution in [0.25, 0.3) is 0 Å². The summed E-state index contributed by atoms with van der Waals surface area (Å²) in [6.45, 7) is 2.82. The van der Waals surface area contributed by atoms with Gasteiger partial charge in [-0.1, -0.05) is 35.8 Å². The lowest BCUT2D eigenvalue weighted by atomic mass is 9.96. The summed E-state index contributed by atoms with van der Waals surface area (Å²) in [5.41, 5.74) is 8.34. The van der Waals surface area contributed by atoms with Crippen molar-refractivity contribution in [2.45, 2.75) is 38.5 Å². The number of nitrogens with zero attached hydrogens (tertiary/aromatic N) is 2. The van der Waals surface area contributed by atoms with E-state index in [1.165, 1.54) is 24.0 Å². The van der Waals surface area contributed by atoms with Gasteiger partial charge in [0.25, 0.3) is 0 Å². The second-order valence-electron chi connectivity index (χ2n) is 5.69. The largest absolute Gasteiger partial charge is 0.339 e. The molecule has 2 aromatic rings. The molecule has 1 heterocycles. The van der Waals surface area contributed by atoms with E-state index in [1.807, 2.05) is 12.1 Å². The quantitative estimate of drug-likeness (QED) is 0.928. The molecule has 4 heteroatoms. The number of aromatic nitrogens is 2. The van der Waals surface area contributed by atoms with Crippen LogP contribution < -0.4 is 5.73 Å². The van der Waals surface area contributed by atoms with Crippen molar-refractivity contribution >= 4 is 0 Å². The van der Waals surface area contributed by atoms with Crippen molar-refractivity contribution in [3.05, 3.63) is 47.1 Å². The molecule has 4 nitrogen and oxygen atoms in total. The van der Waals surface area contributed by atoms with Gasteiger partial charge in [-0.15, -0.1) is 0 Å². The minimum absolute atomic E-state index is 0.359. The zero-order chi connectivity index (χ0) is 13.9. The molecule has 0 radical (unpaired) electrons. The number of hydrogen-bond donors (Lipinski definition) is 1. The average molecular weight is 271 g/mol. The van der Waals surface area contributed by atoms with Crippen LogP contribution in [0, 0.1) is 12.8 Å². The molecule has 1 aliphatic rings. The van der Waals surface area contributed by atoms with Gasteiger partial charge in [-0.25, -0.2) is 0 Å². The molecule has 0 amide bonds. The Morgan fingerprint density at radius 3 is 2.95 bits per heavy atom. The van der Waals surface area contributed by atoms with Gasteiger partial charge in [0.15, 0.2) is 5.82 Å². The van der Waals surface area contributed by atoms with Crippen molar-refractivity contribution in [2.75, 3.05) is 6.54 Å². The van der Waals surface area contributed by atoms with Crippen LogP contribution in [0.5, 0.6) is 0 Å². The van der Waals surface area contributed by atoms with Crippen LogP contribution >= 0.6 is 0 Å². The normalized spacial score (nSPS) is 22.3. The minimum Gasteiger partial charge on any atom is -0.339 e. The van der Waals surface area contributed by atoms with Crippen molar-refractivity contribution in [1.29, 1.82) is 0 Å². The fourth-order valence-corrected chi connectivity index (χ4v) is 3.11. The highest BCUT2D eigenvalue weighted by Gasteiger charge is 2.31. The van der Waals surface area contributed by atoms with Gasteiger partial charge in [-0.2, -0.15) is 4.98 Å². The number of rotatable bonds is 4. The maximum atomic E-state index is 5.82. The number of aryl methyl sites for hydroxylation is 1. The van der Waals surface area contributed by atoms with Crippen molar-refractivity contribution in [3.8, 4) is 0 Å². The van der Waals surface area contributed by atoms with Crippen LogP contribution in [-0.2, 0) is 6.42 Å². The number of benzene rings is 1. The summed E-state index contributed by atoms with van der Waals surface area (Å²) in [7, 11) is 0. The Morgan fingerprint density at radius 2 is 2.15 bits per heavy atom. The van der Waals surface area contributed by atoms with Crippen LogP contribution in [0.15, 0.2) is 28.8 Å². The Labute approximate surface area is 119 Å². The van der Waals surface area contributed by atoms with E-state index in [0.717, 1.165) is 24.6 Å². The molecule has 1 aromatic heterocycles. The second-order valence-corrected chi connectivity index (χ2v) is 5.69. The Balaban J connectivity index is 1.76. The monoisotopic (exact) mass is 271 g/mol. The molecule has 1 saturated carbocycles. The summed E-state index contributed by atoms with van der Waals surface area (Å²) < 4.78 is 5.48. The van der Waals surface area contributed by atoms with E-state index in [0.29, 0.717) is 18.4 Å². The van der Waals surface area contributed by atoms with E-state index in [1.54, 1.807) is 0 Å². The highest BCUT2D eigenvalue weighted by molar-refractivity contribution is 5.28. The van der Waals surface area contributed by atoms with Crippen LogP contribution in [0.3, 0.4) is 0 Å². The van der Waals surface area contributed by atoms with Crippen LogP contribution in [0.2, 0.25) is 0 Å². The molecule has 20 heavy (non-hydrogen) atoms. The molecule has 0 bridgehead atoms. The first kappa shape index (κ1) is 13.3. The highest BCUT2D eigenvalue weighted by Crippen LogP contribution is 2.38. The second kappa shape index (κ2) is 5.75. The molecule has 2 N–H and O–H groups in total. The van der Waals surface area contributed by atoms with Gasteiger partial charge in [0.1, 0.15) is 0 Å². The molecular weight excluding hydrogens is 250 g/mol. The Kier molecular flexibility index (Phi) is 3.83. The van der Waals surface area contributed by atoms with Gasteiger partial charge in [-0.05, 0) is 43.4 Å². The number of hydrogen-bond acceptors (Lipinski definition) is 4. The lowest BCUT2D eigenvalue weighted by molar-refractivity contribution is 0.323. The molecule has 0 saturated heterocycles. The highest BCUT2D eigenvalue weighted by atomic mass is 16.5. The fraction of sp³-hybridized carbons (Fsp3) is 0.500. The van der Waals surface area contributed by atoms with E-state index >= 15 is 0 Å². The van der Waals surface area contributed by atoms with Crippen LogP contribution in [0.1, 0.15) is 48.0 Å². The van der Waals surface area contributed by atoms with Gasteiger partial charge in [-0.3, -0.25) is 0 Å². The topological polar surface area (TPSA) is 64.9 Å². The van der Waals surface area contributed by atoms with Crippen molar-refractivity contribution < 1.29 is 4.52 Å². The summed E-state index contributed by atoms with van der Waals surface area (Å²) in [6.07, 6.45) is 4.24. The Hall–Kier alpha value is -1.68.